The molecule has 1 aliphatic rings. The maximum absolute atomic E-state index is 5.90. The Balaban J connectivity index is 2.12. The molecule has 0 saturated carbocycles. The summed E-state index contributed by atoms with van der Waals surface area (Å²) in [6.07, 6.45) is 1.04. The molecule has 1 aliphatic heterocycles. The highest BCUT2D eigenvalue weighted by molar-refractivity contribution is 5.46. The zero-order valence-electron chi connectivity index (χ0n) is 10.8. The lowest BCUT2D eigenvalue weighted by Crippen LogP contribution is -2.17. The molecule has 0 spiro atoms. The summed E-state index contributed by atoms with van der Waals surface area (Å²) < 4.78 is 16.6. The van der Waals surface area contributed by atoms with Crippen LogP contribution in [0.1, 0.15) is 12.0 Å². The second kappa shape index (κ2) is 6.58. The van der Waals surface area contributed by atoms with Crippen LogP contribution in [0, 0.1) is 0 Å². The Morgan fingerprint density at radius 3 is 2.94 bits per heavy atom. The first-order chi connectivity index (χ1) is 8.85. The van der Waals surface area contributed by atoms with Crippen LogP contribution in [0.25, 0.3) is 0 Å². The monoisotopic (exact) mass is 253 g/mol. The van der Waals surface area contributed by atoms with Crippen LogP contribution in [0.2, 0.25) is 0 Å². The van der Waals surface area contributed by atoms with E-state index in [1.165, 1.54) is 0 Å². The Labute approximate surface area is 107 Å². The van der Waals surface area contributed by atoms with Gasteiger partial charge in [-0.1, -0.05) is 12.1 Å². The first-order valence-electron chi connectivity index (χ1n) is 6.01. The minimum atomic E-state index is 0.115. The van der Waals surface area contributed by atoms with Crippen molar-refractivity contribution in [1.29, 1.82) is 0 Å². The number of nitrogens with one attached hydrogen (secondary N) is 1. The fourth-order valence-corrected chi connectivity index (χ4v) is 1.96. The molecule has 1 unspecified atom stereocenters. The van der Waals surface area contributed by atoms with Gasteiger partial charge in [0.2, 0.25) is 0 Å². The molecule has 1 saturated heterocycles. The third-order valence-electron chi connectivity index (χ3n) is 2.85. The van der Waals surface area contributed by atoms with E-state index in [2.05, 4.69) is 5.48 Å². The van der Waals surface area contributed by atoms with E-state index >= 15 is 0 Å². The lowest BCUT2D eigenvalue weighted by molar-refractivity contribution is 0.0858. The van der Waals surface area contributed by atoms with E-state index in [4.69, 9.17) is 19.0 Å². The van der Waals surface area contributed by atoms with Gasteiger partial charge in [-0.3, -0.25) is 0 Å². The Hall–Kier alpha value is -1.30. The molecule has 0 aromatic heterocycles. The molecule has 0 amide bonds. The van der Waals surface area contributed by atoms with Crippen LogP contribution in [0.3, 0.4) is 0 Å². The fourth-order valence-electron chi connectivity index (χ4n) is 1.96. The molecule has 1 aromatic rings. The minimum Gasteiger partial charge on any atom is -0.493 e. The second-order valence-corrected chi connectivity index (χ2v) is 4.08. The molecular weight excluding hydrogens is 234 g/mol. The third kappa shape index (κ3) is 3.13. The van der Waals surface area contributed by atoms with E-state index in [0.29, 0.717) is 13.2 Å². The second-order valence-electron chi connectivity index (χ2n) is 4.08. The minimum absolute atomic E-state index is 0.115. The number of para-hydroxylation sites is 1. The van der Waals surface area contributed by atoms with Gasteiger partial charge in [0.15, 0.2) is 11.5 Å². The highest BCUT2D eigenvalue weighted by atomic mass is 16.6. The standard InChI is InChI=1S/C13H19NO4/c1-15-13-10(8-14-16-2)4-3-5-12(13)18-11-6-7-17-9-11/h3-5,11,14H,6-9H2,1-2H3. The average Bonchev–Trinajstić information content (AvgIpc) is 2.89. The van der Waals surface area contributed by atoms with E-state index in [9.17, 15) is 0 Å². The van der Waals surface area contributed by atoms with Gasteiger partial charge in [-0.05, 0) is 6.07 Å². The quantitative estimate of drug-likeness (QED) is 0.779. The maximum atomic E-state index is 5.90. The van der Waals surface area contributed by atoms with Gasteiger partial charge in [0.25, 0.3) is 0 Å². The van der Waals surface area contributed by atoms with Crippen LogP contribution >= 0.6 is 0 Å². The summed E-state index contributed by atoms with van der Waals surface area (Å²) in [6.45, 7) is 1.97. The van der Waals surface area contributed by atoms with Crippen molar-refractivity contribution in [1.82, 2.24) is 5.48 Å². The molecule has 1 heterocycles. The summed E-state index contributed by atoms with van der Waals surface area (Å²) in [7, 11) is 3.23. The Morgan fingerprint density at radius 1 is 1.39 bits per heavy atom. The Kier molecular flexibility index (Phi) is 4.81. The number of rotatable bonds is 6. The van der Waals surface area contributed by atoms with Crippen molar-refractivity contribution in [3.63, 3.8) is 0 Å². The van der Waals surface area contributed by atoms with Gasteiger partial charge >= 0.3 is 0 Å². The summed E-state index contributed by atoms with van der Waals surface area (Å²) in [6, 6.07) is 5.83. The molecule has 1 fully saturated rings. The molecule has 5 heteroatoms. The van der Waals surface area contributed by atoms with Gasteiger partial charge in [0.05, 0.1) is 27.4 Å². The normalized spacial score (nSPS) is 18.9. The van der Waals surface area contributed by atoms with Crippen molar-refractivity contribution in [2.75, 3.05) is 27.4 Å². The number of ether oxygens (including phenoxy) is 3. The van der Waals surface area contributed by atoms with Gasteiger partial charge in [-0.2, -0.15) is 5.48 Å². The molecule has 18 heavy (non-hydrogen) atoms. The van der Waals surface area contributed by atoms with Crippen molar-refractivity contribution in [2.45, 2.75) is 19.1 Å². The first kappa shape index (κ1) is 13.1. The van der Waals surface area contributed by atoms with Crippen LogP contribution in [0.15, 0.2) is 18.2 Å². The predicted octanol–water partition coefficient (Wildman–Crippen LogP) is 1.51. The van der Waals surface area contributed by atoms with Gasteiger partial charge in [-0.25, -0.2) is 0 Å². The molecular formula is C13H19NO4. The summed E-state index contributed by atoms with van der Waals surface area (Å²) in [5, 5.41) is 0. The van der Waals surface area contributed by atoms with Crippen LogP contribution in [-0.2, 0) is 16.1 Å². The molecule has 2 rings (SSSR count). The van der Waals surface area contributed by atoms with E-state index < -0.39 is 0 Å². The highest BCUT2D eigenvalue weighted by Gasteiger charge is 2.20. The van der Waals surface area contributed by atoms with Crippen molar-refractivity contribution >= 4 is 0 Å². The van der Waals surface area contributed by atoms with Gasteiger partial charge < -0.3 is 19.0 Å². The number of hydrogen-bond donors (Lipinski definition) is 1. The first-order valence-corrected chi connectivity index (χ1v) is 6.01. The van der Waals surface area contributed by atoms with Crippen molar-refractivity contribution in [3.8, 4) is 11.5 Å². The van der Waals surface area contributed by atoms with E-state index in [0.717, 1.165) is 30.1 Å². The van der Waals surface area contributed by atoms with E-state index in [1.807, 2.05) is 18.2 Å². The molecule has 100 valence electrons. The number of methoxy groups -OCH3 is 1. The van der Waals surface area contributed by atoms with Crippen molar-refractivity contribution < 1.29 is 19.0 Å². The van der Waals surface area contributed by atoms with Crippen LogP contribution < -0.4 is 15.0 Å². The van der Waals surface area contributed by atoms with Crippen LogP contribution in [-0.4, -0.2) is 33.5 Å². The largest absolute Gasteiger partial charge is 0.493 e. The smallest absolute Gasteiger partial charge is 0.165 e. The van der Waals surface area contributed by atoms with Crippen LogP contribution in [0.4, 0.5) is 0 Å². The zero-order chi connectivity index (χ0) is 12.8. The molecule has 1 N–H and O–H groups in total. The van der Waals surface area contributed by atoms with Gasteiger partial charge in [-0.15, -0.1) is 0 Å². The highest BCUT2D eigenvalue weighted by Crippen LogP contribution is 2.32. The van der Waals surface area contributed by atoms with Crippen molar-refractivity contribution in [2.24, 2.45) is 0 Å². The lowest BCUT2D eigenvalue weighted by atomic mass is 10.2. The topological polar surface area (TPSA) is 49.0 Å². The average molecular weight is 253 g/mol. The Bertz CT molecular complexity index is 377. The summed E-state index contributed by atoms with van der Waals surface area (Å²) in [5.41, 5.74) is 3.80. The Morgan fingerprint density at radius 2 is 2.28 bits per heavy atom. The zero-order valence-corrected chi connectivity index (χ0v) is 10.8. The summed E-state index contributed by atoms with van der Waals surface area (Å²) in [5.74, 6) is 1.50. The maximum Gasteiger partial charge on any atom is 0.165 e. The van der Waals surface area contributed by atoms with Gasteiger partial charge in [0, 0.05) is 18.5 Å². The molecule has 0 aliphatic carbocycles. The molecule has 0 radical (unpaired) electrons. The summed E-state index contributed by atoms with van der Waals surface area (Å²) >= 11 is 0. The van der Waals surface area contributed by atoms with E-state index in [1.54, 1.807) is 14.2 Å². The molecule has 5 nitrogen and oxygen atoms in total. The third-order valence-corrected chi connectivity index (χ3v) is 2.85. The predicted molar refractivity (Wildman–Crippen MR) is 66.7 cm³/mol. The van der Waals surface area contributed by atoms with Gasteiger partial charge in [0.1, 0.15) is 6.10 Å². The number of benzene rings is 1. The SMILES string of the molecule is CONCc1cccc(OC2CCOC2)c1OC. The molecule has 1 aromatic carbocycles. The van der Waals surface area contributed by atoms with Crippen molar-refractivity contribution in [3.05, 3.63) is 23.8 Å². The fraction of sp³-hybridized carbons (Fsp3) is 0.538. The molecule has 0 bridgehead atoms. The van der Waals surface area contributed by atoms with Crippen LogP contribution in [0.5, 0.6) is 11.5 Å². The number of hydroxylamine groups is 1. The lowest BCUT2D eigenvalue weighted by Gasteiger charge is -2.17. The summed E-state index contributed by atoms with van der Waals surface area (Å²) in [4.78, 5) is 4.85. The molecule has 1 atom stereocenters. The number of hydrogen-bond acceptors (Lipinski definition) is 5. The van der Waals surface area contributed by atoms with E-state index in [-0.39, 0.29) is 6.10 Å².